The van der Waals surface area contributed by atoms with Crippen molar-refractivity contribution in [2.45, 2.75) is 46.8 Å². The van der Waals surface area contributed by atoms with Crippen molar-refractivity contribution >= 4 is 11.3 Å². The van der Waals surface area contributed by atoms with Gasteiger partial charge in [0.2, 0.25) is 0 Å². The molecule has 1 N–H and O–H groups in total. The van der Waals surface area contributed by atoms with Crippen molar-refractivity contribution < 1.29 is 5.11 Å². The van der Waals surface area contributed by atoms with E-state index < -0.39 is 0 Å². The first-order valence-corrected chi connectivity index (χ1v) is 6.94. The maximum absolute atomic E-state index is 9.96. The van der Waals surface area contributed by atoms with Crippen molar-refractivity contribution in [3.8, 4) is 0 Å². The van der Waals surface area contributed by atoms with E-state index in [9.17, 15) is 5.11 Å². The maximum atomic E-state index is 9.96. The van der Waals surface area contributed by atoms with Gasteiger partial charge in [-0.15, -0.1) is 11.3 Å². The molecule has 0 saturated heterocycles. The molecule has 1 atom stereocenters. The van der Waals surface area contributed by atoms with Crippen LogP contribution in [0.3, 0.4) is 0 Å². The second-order valence-corrected chi connectivity index (χ2v) is 6.83. The van der Waals surface area contributed by atoms with E-state index in [-0.39, 0.29) is 11.5 Å². The first-order chi connectivity index (χ1) is 7.79. The van der Waals surface area contributed by atoms with Crippen LogP contribution in [-0.2, 0) is 6.54 Å². The molecule has 1 heterocycles. The zero-order valence-electron chi connectivity index (χ0n) is 11.5. The van der Waals surface area contributed by atoms with Crippen LogP contribution in [0, 0.1) is 12.3 Å². The fraction of sp³-hybridized carbons (Fsp3) is 0.769. The number of aryl methyl sites for hydroxylation is 1. The molecule has 0 amide bonds. The summed E-state index contributed by atoms with van der Waals surface area (Å²) in [6.45, 7) is 10.00. The highest BCUT2D eigenvalue weighted by atomic mass is 32.1. The van der Waals surface area contributed by atoms with Crippen molar-refractivity contribution in [2.75, 3.05) is 13.6 Å². The Bertz CT molecular complexity index is 343. The molecule has 1 unspecified atom stereocenters. The highest BCUT2D eigenvalue weighted by molar-refractivity contribution is 7.09. The Morgan fingerprint density at radius 2 is 2.12 bits per heavy atom. The minimum Gasteiger partial charge on any atom is -0.393 e. The minimum absolute atomic E-state index is 0.0297. The average Bonchev–Trinajstić information content (AvgIpc) is 2.58. The van der Waals surface area contributed by atoms with Gasteiger partial charge in [-0.2, -0.15) is 0 Å². The Kier molecular flexibility index (Phi) is 5.10. The van der Waals surface area contributed by atoms with E-state index in [2.05, 4.69) is 43.1 Å². The van der Waals surface area contributed by atoms with Crippen LogP contribution in [0.2, 0.25) is 0 Å². The van der Waals surface area contributed by atoms with E-state index in [1.54, 1.807) is 11.3 Å². The van der Waals surface area contributed by atoms with E-state index >= 15 is 0 Å². The summed E-state index contributed by atoms with van der Waals surface area (Å²) >= 11 is 1.69. The Labute approximate surface area is 108 Å². The summed E-state index contributed by atoms with van der Waals surface area (Å²) in [6, 6.07) is 0. The van der Waals surface area contributed by atoms with E-state index in [1.807, 2.05) is 6.92 Å². The fourth-order valence-electron chi connectivity index (χ4n) is 1.61. The van der Waals surface area contributed by atoms with Gasteiger partial charge < -0.3 is 10.0 Å². The SMILES string of the molecule is Cc1nc(CN(C)CCC(O)C(C)(C)C)cs1. The average molecular weight is 256 g/mol. The molecular formula is C13H24N2OS. The lowest BCUT2D eigenvalue weighted by Gasteiger charge is -2.27. The van der Waals surface area contributed by atoms with Crippen LogP contribution in [-0.4, -0.2) is 34.7 Å². The largest absolute Gasteiger partial charge is 0.393 e. The Morgan fingerprint density at radius 1 is 1.47 bits per heavy atom. The number of nitrogens with zero attached hydrogens (tertiary/aromatic N) is 2. The van der Waals surface area contributed by atoms with Crippen LogP contribution in [0.4, 0.5) is 0 Å². The molecule has 3 nitrogen and oxygen atoms in total. The Balaban J connectivity index is 2.33. The zero-order chi connectivity index (χ0) is 13.1. The van der Waals surface area contributed by atoms with Gasteiger partial charge >= 0.3 is 0 Å². The van der Waals surface area contributed by atoms with Gasteiger partial charge in [0.05, 0.1) is 16.8 Å². The van der Waals surface area contributed by atoms with Gasteiger partial charge in [-0.05, 0) is 25.8 Å². The van der Waals surface area contributed by atoms with Crippen LogP contribution < -0.4 is 0 Å². The number of aliphatic hydroxyl groups is 1. The summed E-state index contributed by atoms with van der Waals surface area (Å²) in [6.07, 6.45) is 0.561. The van der Waals surface area contributed by atoms with Crippen LogP contribution in [0.5, 0.6) is 0 Å². The molecule has 0 aliphatic rings. The van der Waals surface area contributed by atoms with Crippen molar-refractivity contribution in [3.63, 3.8) is 0 Å². The van der Waals surface area contributed by atoms with Gasteiger partial charge in [0.1, 0.15) is 0 Å². The van der Waals surface area contributed by atoms with Crippen molar-refractivity contribution in [1.29, 1.82) is 0 Å². The molecule has 0 saturated carbocycles. The lowest BCUT2D eigenvalue weighted by molar-refractivity contribution is 0.0472. The van der Waals surface area contributed by atoms with Crippen LogP contribution in [0.25, 0.3) is 0 Å². The normalized spacial score (nSPS) is 14.3. The first kappa shape index (κ1) is 14.6. The number of rotatable bonds is 5. The van der Waals surface area contributed by atoms with Crippen LogP contribution >= 0.6 is 11.3 Å². The van der Waals surface area contributed by atoms with Gasteiger partial charge in [0.15, 0.2) is 0 Å². The second-order valence-electron chi connectivity index (χ2n) is 5.77. The molecule has 4 heteroatoms. The molecule has 1 aromatic rings. The molecule has 98 valence electrons. The van der Waals surface area contributed by atoms with Gasteiger partial charge in [-0.3, -0.25) is 0 Å². The van der Waals surface area contributed by atoms with Crippen LogP contribution in [0.15, 0.2) is 5.38 Å². The molecule has 1 rings (SSSR count). The predicted molar refractivity (Wildman–Crippen MR) is 73.3 cm³/mol. The Hall–Kier alpha value is -0.450. The standard InChI is InChI=1S/C13H24N2OS/c1-10-14-11(9-17-10)8-15(5)7-6-12(16)13(2,3)4/h9,12,16H,6-8H2,1-5H3. The molecular weight excluding hydrogens is 232 g/mol. The zero-order valence-corrected chi connectivity index (χ0v) is 12.3. The van der Waals surface area contributed by atoms with Gasteiger partial charge in [-0.1, -0.05) is 20.8 Å². The Morgan fingerprint density at radius 3 is 2.59 bits per heavy atom. The minimum atomic E-state index is -0.248. The summed E-state index contributed by atoms with van der Waals surface area (Å²) in [4.78, 5) is 6.65. The summed E-state index contributed by atoms with van der Waals surface area (Å²) in [5.74, 6) is 0. The summed E-state index contributed by atoms with van der Waals surface area (Å²) in [7, 11) is 2.07. The van der Waals surface area contributed by atoms with Gasteiger partial charge in [-0.25, -0.2) is 4.98 Å². The van der Waals surface area contributed by atoms with Crippen molar-refractivity contribution in [2.24, 2.45) is 5.41 Å². The molecule has 0 radical (unpaired) electrons. The highest BCUT2D eigenvalue weighted by Crippen LogP contribution is 2.21. The van der Waals surface area contributed by atoms with E-state index in [1.165, 1.54) is 0 Å². The molecule has 0 bridgehead atoms. The molecule has 17 heavy (non-hydrogen) atoms. The molecule has 0 aliphatic heterocycles. The second kappa shape index (κ2) is 5.94. The number of thiazole rings is 1. The summed E-state index contributed by atoms with van der Waals surface area (Å²) < 4.78 is 0. The molecule has 0 fully saturated rings. The maximum Gasteiger partial charge on any atom is 0.0897 e. The molecule has 1 aromatic heterocycles. The van der Waals surface area contributed by atoms with Crippen molar-refractivity contribution in [3.05, 3.63) is 16.1 Å². The number of aromatic nitrogens is 1. The molecule has 0 aromatic carbocycles. The number of hydrogen-bond donors (Lipinski definition) is 1. The summed E-state index contributed by atoms with van der Waals surface area (Å²) in [5, 5.41) is 13.2. The molecule has 0 spiro atoms. The highest BCUT2D eigenvalue weighted by Gasteiger charge is 2.21. The number of aliphatic hydroxyl groups excluding tert-OH is 1. The monoisotopic (exact) mass is 256 g/mol. The van der Waals surface area contributed by atoms with E-state index in [0.29, 0.717) is 0 Å². The van der Waals surface area contributed by atoms with Crippen molar-refractivity contribution in [1.82, 2.24) is 9.88 Å². The molecule has 0 aliphatic carbocycles. The van der Waals surface area contributed by atoms with Crippen LogP contribution in [0.1, 0.15) is 37.9 Å². The smallest absolute Gasteiger partial charge is 0.0897 e. The third-order valence-electron chi connectivity index (χ3n) is 2.88. The van der Waals surface area contributed by atoms with E-state index in [4.69, 9.17) is 0 Å². The van der Waals surface area contributed by atoms with E-state index in [0.717, 1.165) is 30.2 Å². The van der Waals surface area contributed by atoms with Gasteiger partial charge in [0, 0.05) is 18.5 Å². The number of hydrogen-bond acceptors (Lipinski definition) is 4. The predicted octanol–water partition coefficient (Wildman–Crippen LogP) is 2.68. The van der Waals surface area contributed by atoms with Gasteiger partial charge in [0.25, 0.3) is 0 Å². The topological polar surface area (TPSA) is 36.4 Å². The lowest BCUT2D eigenvalue weighted by atomic mass is 9.87. The fourth-order valence-corrected chi connectivity index (χ4v) is 2.22. The quantitative estimate of drug-likeness (QED) is 0.880. The summed E-state index contributed by atoms with van der Waals surface area (Å²) in [5.41, 5.74) is 1.10. The lowest BCUT2D eigenvalue weighted by Crippen LogP contribution is -2.31. The first-order valence-electron chi connectivity index (χ1n) is 6.06. The third-order valence-corrected chi connectivity index (χ3v) is 3.70. The third kappa shape index (κ3) is 5.15.